The van der Waals surface area contributed by atoms with E-state index in [0.717, 1.165) is 28.1 Å². The molecule has 1 saturated heterocycles. The normalized spacial score (nSPS) is 15.2. The molecule has 1 atom stereocenters. The Morgan fingerprint density at radius 3 is 2.67 bits per heavy atom. The number of carbonyl (C=O) groups is 2. The first kappa shape index (κ1) is 23.6. The van der Waals surface area contributed by atoms with Crippen molar-refractivity contribution in [1.82, 2.24) is 19.8 Å². The molecule has 1 aliphatic heterocycles. The average molecular weight is 489 g/mol. The molecular weight excluding hydrogens is 460 g/mol. The van der Waals surface area contributed by atoms with Gasteiger partial charge >= 0.3 is 0 Å². The van der Waals surface area contributed by atoms with Crippen LogP contribution in [0, 0.1) is 12.8 Å². The van der Waals surface area contributed by atoms with Crippen LogP contribution >= 0.6 is 23.1 Å². The van der Waals surface area contributed by atoms with Crippen molar-refractivity contribution >= 4 is 45.1 Å². The largest absolute Gasteiger partial charge is 0.459 e. The summed E-state index contributed by atoms with van der Waals surface area (Å²) in [5, 5.41) is 1.15. The SMILES string of the molecule is CC[C@H](C)Cc1c(C)sc2nc(SCC(=O)N3CCN(C(=O)c4ccco4)CC3)[nH]c(=O)c12. The van der Waals surface area contributed by atoms with Crippen LogP contribution in [-0.2, 0) is 11.2 Å². The molecule has 1 N–H and O–H groups in total. The molecule has 0 spiro atoms. The fourth-order valence-electron chi connectivity index (χ4n) is 3.90. The maximum absolute atomic E-state index is 12.8. The number of furan rings is 1. The molecule has 33 heavy (non-hydrogen) atoms. The first-order valence-electron chi connectivity index (χ1n) is 11.1. The van der Waals surface area contributed by atoms with Gasteiger partial charge in [-0.05, 0) is 37.0 Å². The Morgan fingerprint density at radius 1 is 1.27 bits per heavy atom. The monoisotopic (exact) mass is 488 g/mol. The minimum absolute atomic E-state index is 0.0346. The lowest BCUT2D eigenvalue weighted by Gasteiger charge is -2.34. The van der Waals surface area contributed by atoms with Crippen molar-refractivity contribution in [2.45, 2.75) is 38.8 Å². The molecule has 3 aromatic rings. The van der Waals surface area contributed by atoms with E-state index in [0.29, 0.717) is 48.4 Å². The minimum atomic E-state index is -0.157. The minimum Gasteiger partial charge on any atom is -0.459 e. The summed E-state index contributed by atoms with van der Waals surface area (Å²) in [6, 6.07) is 3.33. The molecule has 0 unspecified atom stereocenters. The van der Waals surface area contributed by atoms with E-state index in [9.17, 15) is 14.4 Å². The summed E-state index contributed by atoms with van der Waals surface area (Å²) in [7, 11) is 0. The number of aromatic amines is 1. The van der Waals surface area contributed by atoms with Gasteiger partial charge in [0, 0.05) is 31.1 Å². The molecule has 176 valence electrons. The topological polar surface area (TPSA) is 99.5 Å². The lowest BCUT2D eigenvalue weighted by molar-refractivity contribution is -0.129. The number of H-pyrrole nitrogens is 1. The number of piperazine rings is 1. The first-order valence-corrected chi connectivity index (χ1v) is 12.9. The summed E-state index contributed by atoms with van der Waals surface area (Å²) in [5.41, 5.74) is 0.954. The number of thioether (sulfide) groups is 1. The van der Waals surface area contributed by atoms with Gasteiger partial charge in [-0.15, -0.1) is 11.3 Å². The number of fused-ring (bicyclic) bond motifs is 1. The van der Waals surface area contributed by atoms with Gasteiger partial charge < -0.3 is 19.2 Å². The number of rotatable bonds is 7. The van der Waals surface area contributed by atoms with E-state index in [4.69, 9.17) is 4.42 Å². The molecule has 0 bridgehead atoms. The van der Waals surface area contributed by atoms with Gasteiger partial charge in [-0.1, -0.05) is 32.0 Å². The Hall–Kier alpha value is -2.59. The molecule has 0 saturated carbocycles. The molecule has 3 aromatic heterocycles. The van der Waals surface area contributed by atoms with E-state index in [2.05, 4.69) is 23.8 Å². The van der Waals surface area contributed by atoms with Gasteiger partial charge in [-0.3, -0.25) is 14.4 Å². The quantitative estimate of drug-likeness (QED) is 0.403. The number of nitrogens with zero attached hydrogens (tertiary/aromatic N) is 3. The number of amides is 2. The van der Waals surface area contributed by atoms with Crippen LogP contribution < -0.4 is 5.56 Å². The molecule has 0 aromatic carbocycles. The average Bonchev–Trinajstić information content (AvgIpc) is 3.45. The van der Waals surface area contributed by atoms with Crippen molar-refractivity contribution in [3.8, 4) is 0 Å². The molecule has 4 heterocycles. The van der Waals surface area contributed by atoms with E-state index < -0.39 is 0 Å². The maximum atomic E-state index is 12.8. The van der Waals surface area contributed by atoms with Crippen molar-refractivity contribution in [2.24, 2.45) is 5.92 Å². The molecule has 10 heteroatoms. The van der Waals surface area contributed by atoms with Crippen LogP contribution in [0.2, 0.25) is 0 Å². The highest BCUT2D eigenvalue weighted by Gasteiger charge is 2.26. The maximum Gasteiger partial charge on any atom is 0.289 e. The van der Waals surface area contributed by atoms with E-state index in [1.807, 2.05) is 6.92 Å². The highest BCUT2D eigenvalue weighted by atomic mass is 32.2. The highest BCUT2D eigenvalue weighted by Crippen LogP contribution is 2.30. The van der Waals surface area contributed by atoms with Crippen molar-refractivity contribution in [2.75, 3.05) is 31.9 Å². The molecule has 1 fully saturated rings. The Kier molecular flexibility index (Phi) is 7.23. The number of hydrogen-bond acceptors (Lipinski definition) is 7. The van der Waals surface area contributed by atoms with Crippen LogP contribution in [-0.4, -0.2) is 63.5 Å². The van der Waals surface area contributed by atoms with Crippen molar-refractivity contribution in [3.05, 3.63) is 45.0 Å². The van der Waals surface area contributed by atoms with Gasteiger partial charge in [-0.25, -0.2) is 4.98 Å². The molecule has 8 nitrogen and oxygen atoms in total. The van der Waals surface area contributed by atoms with Gasteiger partial charge in [0.25, 0.3) is 11.5 Å². The van der Waals surface area contributed by atoms with E-state index in [1.165, 1.54) is 29.4 Å². The van der Waals surface area contributed by atoms with Crippen molar-refractivity contribution in [3.63, 3.8) is 0 Å². The predicted octanol–water partition coefficient (Wildman–Crippen LogP) is 3.55. The van der Waals surface area contributed by atoms with Gasteiger partial charge in [0.1, 0.15) is 4.83 Å². The van der Waals surface area contributed by atoms with Gasteiger partial charge in [0.2, 0.25) is 5.91 Å². The second kappa shape index (κ2) is 10.1. The zero-order valence-corrected chi connectivity index (χ0v) is 20.7. The number of thiophene rings is 1. The standard InChI is InChI=1S/C23H28N4O4S2/c1-4-14(2)12-16-15(3)33-21-19(16)20(29)24-23(25-21)32-13-18(28)26-7-9-27(10-8-26)22(30)17-6-5-11-31-17/h5-6,11,14H,4,7-10,12-13H2,1-3H3,(H,24,25,29)/t14-/m0/s1. The third kappa shape index (κ3) is 5.16. The summed E-state index contributed by atoms with van der Waals surface area (Å²) < 4.78 is 5.17. The number of hydrogen-bond donors (Lipinski definition) is 1. The van der Waals surface area contributed by atoms with Crippen molar-refractivity contribution in [1.29, 1.82) is 0 Å². The Morgan fingerprint density at radius 2 is 2.00 bits per heavy atom. The van der Waals surface area contributed by atoms with Gasteiger partial charge in [-0.2, -0.15) is 0 Å². The van der Waals surface area contributed by atoms with Crippen LogP contribution in [0.25, 0.3) is 10.2 Å². The fraction of sp³-hybridized carbons (Fsp3) is 0.478. The summed E-state index contributed by atoms with van der Waals surface area (Å²) >= 11 is 2.78. The second-order valence-corrected chi connectivity index (χ2v) is 10.5. The van der Waals surface area contributed by atoms with Crippen LogP contribution in [0.5, 0.6) is 0 Å². The number of carbonyl (C=O) groups excluding carboxylic acids is 2. The number of aromatic nitrogens is 2. The Bertz CT molecular complexity index is 1190. The lowest BCUT2D eigenvalue weighted by Crippen LogP contribution is -2.51. The van der Waals surface area contributed by atoms with Crippen LogP contribution in [0.3, 0.4) is 0 Å². The molecule has 0 aliphatic carbocycles. The van der Waals surface area contributed by atoms with Gasteiger partial charge in [0.15, 0.2) is 10.9 Å². The zero-order chi connectivity index (χ0) is 23.5. The van der Waals surface area contributed by atoms with E-state index >= 15 is 0 Å². The summed E-state index contributed by atoms with van der Waals surface area (Å²) in [6.07, 6.45) is 3.40. The lowest BCUT2D eigenvalue weighted by atomic mass is 9.98. The second-order valence-electron chi connectivity index (χ2n) is 8.34. The third-order valence-electron chi connectivity index (χ3n) is 6.07. The molecule has 4 rings (SSSR count). The van der Waals surface area contributed by atoms with Crippen LogP contribution in [0.15, 0.2) is 32.8 Å². The number of aryl methyl sites for hydroxylation is 1. The highest BCUT2D eigenvalue weighted by molar-refractivity contribution is 7.99. The smallest absolute Gasteiger partial charge is 0.289 e. The third-order valence-corrected chi connectivity index (χ3v) is 7.97. The summed E-state index contributed by atoms with van der Waals surface area (Å²) in [4.78, 5) is 50.7. The fourth-order valence-corrected chi connectivity index (χ4v) is 5.77. The zero-order valence-electron chi connectivity index (χ0n) is 19.1. The number of nitrogens with one attached hydrogen (secondary N) is 1. The molecule has 0 radical (unpaired) electrons. The van der Waals surface area contributed by atoms with Crippen LogP contribution in [0.1, 0.15) is 41.3 Å². The van der Waals surface area contributed by atoms with Crippen LogP contribution in [0.4, 0.5) is 0 Å². The van der Waals surface area contributed by atoms with Gasteiger partial charge in [0.05, 0.1) is 17.4 Å². The molecule has 2 amide bonds. The Balaban J connectivity index is 1.36. The molecule has 1 aliphatic rings. The summed E-state index contributed by atoms with van der Waals surface area (Å²) in [5.74, 6) is 0.808. The van der Waals surface area contributed by atoms with E-state index in [1.54, 1.807) is 21.9 Å². The molecular formula is C23H28N4O4S2. The summed E-state index contributed by atoms with van der Waals surface area (Å²) in [6.45, 7) is 8.24. The van der Waals surface area contributed by atoms with E-state index in [-0.39, 0.29) is 23.1 Å². The van der Waals surface area contributed by atoms with Crippen molar-refractivity contribution < 1.29 is 14.0 Å². The Labute approximate surface area is 200 Å². The predicted molar refractivity (Wildman–Crippen MR) is 130 cm³/mol. The first-order chi connectivity index (χ1) is 15.9.